The lowest BCUT2D eigenvalue weighted by Crippen LogP contribution is -2.26. The van der Waals surface area contributed by atoms with Gasteiger partial charge in [0.25, 0.3) is 0 Å². The van der Waals surface area contributed by atoms with Gasteiger partial charge >= 0.3 is 0 Å². The number of benzene rings is 1. The van der Waals surface area contributed by atoms with Crippen molar-refractivity contribution in [3.05, 3.63) is 39.8 Å². The molecule has 7 heteroatoms. The van der Waals surface area contributed by atoms with Gasteiger partial charge in [0.15, 0.2) is 0 Å². The highest BCUT2D eigenvalue weighted by molar-refractivity contribution is 7.89. The zero-order valence-electron chi connectivity index (χ0n) is 11.6. The van der Waals surface area contributed by atoms with Crippen molar-refractivity contribution in [2.75, 3.05) is 12.8 Å². The summed E-state index contributed by atoms with van der Waals surface area (Å²) in [4.78, 5) is 5.17. The summed E-state index contributed by atoms with van der Waals surface area (Å²) in [6, 6.07) is 4.96. The van der Waals surface area contributed by atoms with Gasteiger partial charge in [-0.1, -0.05) is 6.07 Å². The second-order valence-electron chi connectivity index (χ2n) is 4.65. The van der Waals surface area contributed by atoms with Crippen molar-refractivity contribution in [1.82, 2.24) is 9.29 Å². The zero-order valence-corrected chi connectivity index (χ0v) is 13.3. The molecule has 0 atom stereocenters. The summed E-state index contributed by atoms with van der Waals surface area (Å²) in [5.74, 6) is 0. The quantitative estimate of drug-likeness (QED) is 0.878. The van der Waals surface area contributed by atoms with Crippen LogP contribution in [0.5, 0.6) is 0 Å². The maximum absolute atomic E-state index is 12.5. The molecule has 0 saturated heterocycles. The highest BCUT2D eigenvalue weighted by Gasteiger charge is 2.23. The molecule has 0 amide bonds. The van der Waals surface area contributed by atoms with Gasteiger partial charge in [0, 0.05) is 24.7 Å². The van der Waals surface area contributed by atoms with E-state index in [-0.39, 0.29) is 10.6 Å². The van der Waals surface area contributed by atoms with E-state index in [2.05, 4.69) is 4.98 Å². The highest BCUT2D eigenvalue weighted by Crippen LogP contribution is 2.24. The third kappa shape index (κ3) is 3.00. The van der Waals surface area contributed by atoms with Crippen molar-refractivity contribution >= 4 is 27.0 Å². The smallest absolute Gasteiger partial charge is 0.245 e. The van der Waals surface area contributed by atoms with Gasteiger partial charge in [0.05, 0.1) is 10.7 Å². The Morgan fingerprint density at radius 3 is 2.60 bits per heavy atom. The fourth-order valence-corrected chi connectivity index (χ4v) is 4.03. The van der Waals surface area contributed by atoms with Crippen molar-refractivity contribution in [2.24, 2.45) is 0 Å². The van der Waals surface area contributed by atoms with Crippen LogP contribution in [0.2, 0.25) is 0 Å². The molecule has 0 spiro atoms. The number of thiazole rings is 1. The maximum Gasteiger partial charge on any atom is 0.245 e. The summed E-state index contributed by atoms with van der Waals surface area (Å²) in [7, 11) is -2.04. The van der Waals surface area contributed by atoms with E-state index in [4.69, 9.17) is 5.73 Å². The molecule has 1 aromatic carbocycles. The molecule has 0 aliphatic rings. The molecule has 5 nitrogen and oxygen atoms in total. The largest absolute Gasteiger partial charge is 0.398 e. The van der Waals surface area contributed by atoms with Crippen molar-refractivity contribution in [2.45, 2.75) is 25.3 Å². The first-order valence-corrected chi connectivity index (χ1v) is 8.30. The Labute approximate surface area is 123 Å². The number of anilines is 1. The molecule has 0 radical (unpaired) electrons. The summed E-state index contributed by atoms with van der Waals surface area (Å²) in [5.41, 5.74) is 7.04. The molecule has 0 bridgehead atoms. The number of nitrogens with two attached hydrogens (primary N) is 1. The average molecular weight is 311 g/mol. The molecule has 0 fully saturated rings. The normalized spacial score (nSPS) is 12.0. The van der Waals surface area contributed by atoms with Crippen molar-refractivity contribution in [3.63, 3.8) is 0 Å². The second-order valence-corrected chi connectivity index (χ2v) is 7.98. The first kappa shape index (κ1) is 15.0. The topological polar surface area (TPSA) is 76.3 Å². The maximum atomic E-state index is 12.5. The van der Waals surface area contributed by atoms with Crippen molar-refractivity contribution < 1.29 is 8.42 Å². The van der Waals surface area contributed by atoms with Crippen LogP contribution in [0.4, 0.5) is 5.69 Å². The van der Waals surface area contributed by atoms with E-state index in [9.17, 15) is 8.42 Å². The molecule has 20 heavy (non-hydrogen) atoms. The van der Waals surface area contributed by atoms with Gasteiger partial charge in [-0.05, 0) is 31.5 Å². The average Bonchev–Trinajstić information content (AvgIpc) is 2.74. The Morgan fingerprint density at radius 2 is 2.05 bits per heavy atom. The van der Waals surface area contributed by atoms with E-state index in [0.29, 0.717) is 6.54 Å². The van der Waals surface area contributed by atoms with Crippen LogP contribution in [-0.4, -0.2) is 24.8 Å². The number of sulfonamides is 1. The Kier molecular flexibility index (Phi) is 4.12. The molecule has 108 valence electrons. The van der Waals surface area contributed by atoms with Crippen LogP contribution in [0, 0.1) is 13.8 Å². The Hall–Kier alpha value is -1.44. The van der Waals surface area contributed by atoms with Crippen LogP contribution in [0.1, 0.15) is 15.4 Å². The molecular weight excluding hydrogens is 294 g/mol. The Balaban J connectivity index is 2.29. The lowest BCUT2D eigenvalue weighted by atomic mass is 10.2. The molecule has 1 heterocycles. The minimum absolute atomic E-state index is 0.145. The van der Waals surface area contributed by atoms with Gasteiger partial charge in [-0.3, -0.25) is 0 Å². The van der Waals surface area contributed by atoms with E-state index in [1.165, 1.54) is 15.6 Å². The third-order valence-electron chi connectivity index (χ3n) is 2.90. The van der Waals surface area contributed by atoms with Crippen LogP contribution in [0.15, 0.2) is 29.3 Å². The van der Waals surface area contributed by atoms with Gasteiger partial charge in [-0.15, -0.1) is 11.3 Å². The fraction of sp³-hybridized carbons (Fsp3) is 0.308. The molecule has 2 rings (SSSR count). The van der Waals surface area contributed by atoms with Crippen molar-refractivity contribution in [1.29, 1.82) is 0 Å². The number of nitrogen functional groups attached to an aromatic ring is 1. The Bertz CT molecular complexity index is 723. The number of rotatable bonds is 4. The summed E-state index contributed by atoms with van der Waals surface area (Å²) in [6.07, 6.45) is 1.70. The second kappa shape index (κ2) is 5.51. The molecule has 0 aliphatic carbocycles. The zero-order chi connectivity index (χ0) is 14.9. The molecular formula is C13H17N3O2S2. The van der Waals surface area contributed by atoms with Crippen LogP contribution >= 0.6 is 11.3 Å². The predicted octanol–water partition coefficient (Wildman–Crippen LogP) is 2.16. The molecule has 2 aromatic rings. The van der Waals surface area contributed by atoms with Crippen LogP contribution in [0.25, 0.3) is 0 Å². The highest BCUT2D eigenvalue weighted by atomic mass is 32.2. The fourth-order valence-electron chi connectivity index (χ4n) is 1.85. The number of hydrogen-bond acceptors (Lipinski definition) is 5. The van der Waals surface area contributed by atoms with Crippen LogP contribution in [0.3, 0.4) is 0 Å². The van der Waals surface area contributed by atoms with Gasteiger partial charge in [0.1, 0.15) is 4.90 Å². The number of aromatic nitrogens is 1. The van der Waals surface area contributed by atoms with E-state index >= 15 is 0 Å². The van der Waals surface area contributed by atoms with Gasteiger partial charge in [0.2, 0.25) is 10.0 Å². The van der Waals surface area contributed by atoms with E-state index < -0.39 is 10.0 Å². The number of hydrogen-bond donors (Lipinski definition) is 1. The first-order chi connectivity index (χ1) is 9.30. The summed E-state index contributed by atoms with van der Waals surface area (Å²) in [6.45, 7) is 4.05. The van der Waals surface area contributed by atoms with E-state index in [0.717, 1.165) is 15.4 Å². The Morgan fingerprint density at radius 1 is 1.35 bits per heavy atom. The van der Waals surface area contributed by atoms with Gasteiger partial charge in [-0.25, -0.2) is 13.4 Å². The molecule has 0 aliphatic heterocycles. The van der Waals surface area contributed by atoms with Crippen LogP contribution < -0.4 is 5.73 Å². The summed E-state index contributed by atoms with van der Waals surface area (Å²) < 4.78 is 26.3. The lowest BCUT2D eigenvalue weighted by molar-refractivity contribution is 0.470. The number of aryl methyl sites for hydroxylation is 2. The van der Waals surface area contributed by atoms with E-state index in [1.807, 2.05) is 13.8 Å². The summed E-state index contributed by atoms with van der Waals surface area (Å²) >= 11 is 1.49. The minimum atomic E-state index is -3.59. The predicted molar refractivity (Wildman–Crippen MR) is 81.1 cm³/mol. The SMILES string of the molecule is Cc1ccc(S(=O)(=O)N(C)Cc2cnc(C)s2)c(N)c1. The third-order valence-corrected chi connectivity index (χ3v) is 5.68. The summed E-state index contributed by atoms with van der Waals surface area (Å²) in [5, 5.41) is 0.917. The van der Waals surface area contributed by atoms with Gasteiger partial charge < -0.3 is 5.73 Å². The van der Waals surface area contributed by atoms with E-state index in [1.54, 1.807) is 31.4 Å². The van der Waals surface area contributed by atoms with Crippen molar-refractivity contribution in [3.8, 4) is 0 Å². The molecule has 2 N–H and O–H groups in total. The molecule has 0 saturated carbocycles. The minimum Gasteiger partial charge on any atom is -0.398 e. The monoisotopic (exact) mass is 311 g/mol. The number of nitrogens with zero attached hydrogens (tertiary/aromatic N) is 2. The van der Waals surface area contributed by atoms with Crippen LogP contribution in [-0.2, 0) is 16.6 Å². The van der Waals surface area contributed by atoms with Gasteiger partial charge in [-0.2, -0.15) is 4.31 Å². The first-order valence-electron chi connectivity index (χ1n) is 6.04. The molecule has 0 unspecified atom stereocenters. The molecule has 1 aromatic heterocycles. The standard InChI is InChI=1S/C13H17N3O2S2/c1-9-4-5-13(12(14)6-9)20(17,18)16(3)8-11-7-15-10(2)19-11/h4-7H,8,14H2,1-3H3. The lowest BCUT2D eigenvalue weighted by Gasteiger charge is -2.17.